The predicted molar refractivity (Wildman–Crippen MR) is 84.7 cm³/mol. The molecule has 0 saturated carbocycles. The van der Waals surface area contributed by atoms with Gasteiger partial charge in [-0.2, -0.15) is 4.98 Å². The van der Waals surface area contributed by atoms with Gasteiger partial charge in [0.15, 0.2) is 5.82 Å². The Morgan fingerprint density at radius 3 is 2.80 bits per heavy atom. The lowest BCUT2D eigenvalue weighted by Crippen LogP contribution is -2.10. The van der Waals surface area contributed by atoms with Crippen molar-refractivity contribution in [2.45, 2.75) is 19.9 Å². The molecular weight excluding hydrogens is 295 g/mol. The zero-order chi connectivity index (χ0) is 14.5. The zero-order valence-electron chi connectivity index (χ0n) is 11.3. The molecule has 0 aliphatic rings. The van der Waals surface area contributed by atoms with Crippen molar-refractivity contribution in [2.24, 2.45) is 0 Å². The molecule has 1 aromatic heterocycles. The van der Waals surface area contributed by atoms with E-state index in [1.165, 1.54) is 0 Å². The van der Waals surface area contributed by atoms with E-state index < -0.39 is 0 Å². The second-order valence-corrected chi connectivity index (χ2v) is 5.19. The standard InChI is InChI=1S/C14H16Cl2N4/c1-3-17-14-18-8-12(16)13(20-14)19-9(2)10-5-4-6-11(15)7-10/h4-9H,3H2,1-2H3,(H2,17,18,19,20). The summed E-state index contributed by atoms with van der Waals surface area (Å²) in [6.45, 7) is 4.77. The first-order valence-electron chi connectivity index (χ1n) is 6.38. The molecule has 0 fully saturated rings. The molecule has 0 bridgehead atoms. The zero-order valence-corrected chi connectivity index (χ0v) is 12.8. The van der Waals surface area contributed by atoms with Gasteiger partial charge < -0.3 is 10.6 Å². The van der Waals surface area contributed by atoms with Crippen molar-refractivity contribution >= 4 is 35.0 Å². The van der Waals surface area contributed by atoms with Crippen LogP contribution in [0, 0.1) is 0 Å². The summed E-state index contributed by atoms with van der Waals surface area (Å²) in [5.74, 6) is 1.16. The van der Waals surface area contributed by atoms with Crippen molar-refractivity contribution in [3.05, 3.63) is 46.1 Å². The molecule has 1 unspecified atom stereocenters. The number of nitrogens with one attached hydrogen (secondary N) is 2. The van der Waals surface area contributed by atoms with Gasteiger partial charge in [-0.05, 0) is 31.5 Å². The largest absolute Gasteiger partial charge is 0.362 e. The molecule has 2 aromatic rings. The molecule has 20 heavy (non-hydrogen) atoms. The number of nitrogens with zero attached hydrogens (tertiary/aromatic N) is 2. The van der Waals surface area contributed by atoms with E-state index in [0.717, 1.165) is 12.1 Å². The number of benzene rings is 1. The second-order valence-electron chi connectivity index (χ2n) is 4.34. The highest BCUT2D eigenvalue weighted by Crippen LogP contribution is 2.25. The Hall–Kier alpha value is -1.52. The highest BCUT2D eigenvalue weighted by molar-refractivity contribution is 6.32. The van der Waals surface area contributed by atoms with Crippen LogP contribution >= 0.6 is 23.2 Å². The van der Waals surface area contributed by atoms with Crippen LogP contribution in [0.3, 0.4) is 0 Å². The van der Waals surface area contributed by atoms with E-state index in [-0.39, 0.29) is 6.04 Å². The minimum absolute atomic E-state index is 0.0376. The average Bonchev–Trinajstić information content (AvgIpc) is 2.43. The van der Waals surface area contributed by atoms with Crippen molar-refractivity contribution in [1.29, 1.82) is 0 Å². The van der Waals surface area contributed by atoms with E-state index in [9.17, 15) is 0 Å². The van der Waals surface area contributed by atoms with E-state index in [2.05, 4.69) is 20.6 Å². The van der Waals surface area contributed by atoms with Gasteiger partial charge in [-0.25, -0.2) is 4.98 Å². The molecule has 0 spiro atoms. The fourth-order valence-electron chi connectivity index (χ4n) is 1.78. The lowest BCUT2D eigenvalue weighted by molar-refractivity contribution is 0.872. The summed E-state index contributed by atoms with van der Waals surface area (Å²) < 4.78 is 0. The molecular formula is C14H16Cl2N4. The maximum Gasteiger partial charge on any atom is 0.224 e. The summed E-state index contributed by atoms with van der Waals surface area (Å²) in [7, 11) is 0. The Morgan fingerprint density at radius 2 is 2.10 bits per heavy atom. The van der Waals surface area contributed by atoms with Crippen LogP contribution in [0.4, 0.5) is 11.8 Å². The molecule has 1 atom stereocenters. The fourth-order valence-corrected chi connectivity index (χ4v) is 2.12. The minimum atomic E-state index is 0.0376. The number of aromatic nitrogens is 2. The second kappa shape index (κ2) is 6.77. The topological polar surface area (TPSA) is 49.8 Å². The molecule has 0 radical (unpaired) electrons. The monoisotopic (exact) mass is 310 g/mol. The Kier molecular flexibility index (Phi) is 5.04. The number of anilines is 2. The van der Waals surface area contributed by atoms with Gasteiger partial charge in [0.25, 0.3) is 0 Å². The average molecular weight is 311 g/mol. The number of halogens is 2. The Labute approximate surface area is 128 Å². The molecule has 0 saturated heterocycles. The number of hydrogen-bond acceptors (Lipinski definition) is 4. The van der Waals surface area contributed by atoms with Crippen LogP contribution in [0.15, 0.2) is 30.5 Å². The van der Waals surface area contributed by atoms with Crippen LogP contribution in [-0.4, -0.2) is 16.5 Å². The van der Waals surface area contributed by atoms with E-state index in [1.54, 1.807) is 6.20 Å². The molecule has 0 amide bonds. The molecule has 6 heteroatoms. The summed E-state index contributed by atoms with van der Waals surface area (Å²) in [4.78, 5) is 8.46. The van der Waals surface area contributed by atoms with Gasteiger partial charge in [-0.15, -0.1) is 0 Å². The van der Waals surface area contributed by atoms with Gasteiger partial charge in [0, 0.05) is 11.6 Å². The molecule has 2 N–H and O–H groups in total. The van der Waals surface area contributed by atoms with Gasteiger partial charge in [-0.1, -0.05) is 35.3 Å². The van der Waals surface area contributed by atoms with Crippen LogP contribution in [0.1, 0.15) is 25.5 Å². The van der Waals surface area contributed by atoms with Crippen molar-refractivity contribution in [3.8, 4) is 0 Å². The van der Waals surface area contributed by atoms with Crippen molar-refractivity contribution in [2.75, 3.05) is 17.2 Å². The third-order valence-corrected chi connectivity index (χ3v) is 3.29. The van der Waals surface area contributed by atoms with E-state index in [0.29, 0.717) is 21.8 Å². The van der Waals surface area contributed by atoms with Crippen LogP contribution < -0.4 is 10.6 Å². The normalized spacial score (nSPS) is 12.0. The predicted octanol–water partition coefficient (Wildman–Crippen LogP) is 4.39. The number of hydrogen-bond donors (Lipinski definition) is 2. The first kappa shape index (κ1) is 14.9. The summed E-state index contributed by atoms with van der Waals surface area (Å²) in [5, 5.41) is 7.52. The Balaban J connectivity index is 2.18. The van der Waals surface area contributed by atoms with Gasteiger partial charge >= 0.3 is 0 Å². The van der Waals surface area contributed by atoms with Crippen LogP contribution in [0.5, 0.6) is 0 Å². The maximum absolute atomic E-state index is 6.12. The van der Waals surface area contributed by atoms with E-state index >= 15 is 0 Å². The highest BCUT2D eigenvalue weighted by Gasteiger charge is 2.10. The minimum Gasteiger partial charge on any atom is -0.362 e. The fraction of sp³-hybridized carbons (Fsp3) is 0.286. The number of rotatable bonds is 5. The van der Waals surface area contributed by atoms with Crippen LogP contribution in [0.2, 0.25) is 10.0 Å². The smallest absolute Gasteiger partial charge is 0.224 e. The van der Waals surface area contributed by atoms with Gasteiger partial charge in [0.2, 0.25) is 5.95 Å². The Bertz CT molecular complexity index is 589. The van der Waals surface area contributed by atoms with Gasteiger partial charge in [0.05, 0.1) is 12.2 Å². The molecule has 1 heterocycles. The van der Waals surface area contributed by atoms with E-state index in [1.807, 2.05) is 38.1 Å². The SMILES string of the molecule is CCNc1ncc(Cl)c(NC(C)c2cccc(Cl)c2)n1. The highest BCUT2D eigenvalue weighted by atomic mass is 35.5. The third kappa shape index (κ3) is 3.74. The molecule has 2 rings (SSSR count). The van der Waals surface area contributed by atoms with Crippen molar-refractivity contribution < 1.29 is 0 Å². The molecule has 4 nitrogen and oxygen atoms in total. The quantitative estimate of drug-likeness (QED) is 0.860. The van der Waals surface area contributed by atoms with Crippen LogP contribution in [-0.2, 0) is 0 Å². The molecule has 106 valence electrons. The lowest BCUT2D eigenvalue weighted by atomic mass is 10.1. The van der Waals surface area contributed by atoms with Crippen LogP contribution in [0.25, 0.3) is 0 Å². The molecule has 1 aromatic carbocycles. The third-order valence-electron chi connectivity index (χ3n) is 2.78. The first-order chi connectivity index (χ1) is 9.60. The Morgan fingerprint density at radius 1 is 1.30 bits per heavy atom. The van der Waals surface area contributed by atoms with Crippen molar-refractivity contribution in [1.82, 2.24) is 9.97 Å². The summed E-state index contributed by atoms with van der Waals surface area (Å²) >= 11 is 12.1. The van der Waals surface area contributed by atoms with Gasteiger partial charge in [0.1, 0.15) is 5.02 Å². The first-order valence-corrected chi connectivity index (χ1v) is 7.14. The van der Waals surface area contributed by atoms with Crippen molar-refractivity contribution in [3.63, 3.8) is 0 Å². The molecule has 0 aliphatic carbocycles. The van der Waals surface area contributed by atoms with Gasteiger partial charge in [-0.3, -0.25) is 0 Å². The van der Waals surface area contributed by atoms with E-state index in [4.69, 9.17) is 23.2 Å². The summed E-state index contributed by atoms with van der Waals surface area (Å²) in [6.07, 6.45) is 1.58. The maximum atomic E-state index is 6.12. The lowest BCUT2D eigenvalue weighted by Gasteiger charge is -2.16. The molecule has 0 aliphatic heterocycles. The summed E-state index contributed by atoms with van der Waals surface area (Å²) in [6, 6.07) is 7.72. The summed E-state index contributed by atoms with van der Waals surface area (Å²) in [5.41, 5.74) is 1.07.